The third-order valence-electron chi connectivity index (χ3n) is 4.53. The van der Waals surface area contributed by atoms with Gasteiger partial charge in [-0.15, -0.1) is 0 Å². The van der Waals surface area contributed by atoms with E-state index in [1.165, 1.54) is 32.3 Å². The molecule has 0 fully saturated rings. The molecule has 0 bridgehead atoms. The van der Waals surface area contributed by atoms with Crippen LogP contribution in [0.3, 0.4) is 0 Å². The minimum absolute atomic E-state index is 0. The molecule has 0 aliphatic carbocycles. The maximum Gasteiger partial charge on any atom is 1.00 e. The zero-order valence-corrected chi connectivity index (χ0v) is 27.5. The van der Waals surface area contributed by atoms with Crippen molar-refractivity contribution >= 4 is 59.9 Å². The molecule has 0 unspecified atom stereocenters. The molecule has 0 saturated carbocycles. The number of nitrogens with one attached hydrogen (secondary N) is 2. The van der Waals surface area contributed by atoms with Crippen LogP contribution < -0.4 is 69.2 Å². The average molecular weight is 592 g/mol. The first-order chi connectivity index (χ1) is 15.9. The number of rotatable bonds is 9. The number of nitrogens with zero attached hydrogens (tertiary/aromatic N) is 1. The fourth-order valence-electron chi connectivity index (χ4n) is 2.62. The maximum absolute atomic E-state index is 12.0. The van der Waals surface area contributed by atoms with E-state index in [1.54, 1.807) is 13.8 Å². The number of benzene rings is 2. The Bertz CT molecular complexity index is 1490. The first kappa shape index (κ1) is 36.2. The molecule has 0 aliphatic rings. The maximum atomic E-state index is 12.0. The van der Waals surface area contributed by atoms with E-state index in [2.05, 4.69) is 10.0 Å². The van der Waals surface area contributed by atoms with Gasteiger partial charge in [0, 0.05) is 25.7 Å². The summed E-state index contributed by atoms with van der Waals surface area (Å²) >= 11 is 0. The van der Waals surface area contributed by atoms with Gasteiger partial charge in [-0.3, -0.25) is 9.52 Å². The molecule has 192 valence electrons. The number of hydrogen-bond donors (Lipinski definition) is 2. The molecule has 0 aromatic heterocycles. The van der Waals surface area contributed by atoms with Crippen molar-refractivity contribution in [2.75, 3.05) is 24.1 Å². The van der Waals surface area contributed by atoms with Crippen molar-refractivity contribution in [3.63, 3.8) is 0 Å². The van der Waals surface area contributed by atoms with Gasteiger partial charge in [0.05, 0.1) is 15.5 Å². The van der Waals surface area contributed by atoms with Crippen molar-refractivity contribution in [3.8, 4) is 0 Å². The van der Waals surface area contributed by atoms with Gasteiger partial charge < -0.3 is 14.4 Å². The van der Waals surface area contributed by atoms with E-state index < -0.39 is 52.1 Å². The monoisotopic (exact) mass is 591 g/mol. The van der Waals surface area contributed by atoms with E-state index >= 15 is 0 Å². The largest absolute Gasteiger partial charge is 1.00 e. The van der Waals surface area contributed by atoms with Crippen molar-refractivity contribution in [2.24, 2.45) is 5.92 Å². The minimum Gasteiger partial charge on any atom is -0.744 e. The molecule has 37 heavy (non-hydrogen) atoms. The van der Waals surface area contributed by atoms with Gasteiger partial charge in [0.25, 0.3) is 0 Å². The van der Waals surface area contributed by atoms with Gasteiger partial charge in [-0.1, -0.05) is 38.1 Å². The standard InChI is InChI=1S/C20H25N3O9S3.2Na/c1-13(2)20(24)21-16-9-7-14(18(11-16)33(25,26)27)5-6-15-8-10-17(12-19(15)34(28,29)30)22-35(31,32)23(3)4;;/h5-13,22H,1-4H3,(H,21,24)(H,25,26,27)(H,28,29,30);;/q;2*+1/p-2. The molecule has 0 heterocycles. The van der Waals surface area contributed by atoms with Crippen LogP contribution in [0.25, 0.3) is 12.2 Å². The molecule has 0 saturated heterocycles. The third-order valence-corrected chi connectivity index (χ3v) is 7.77. The van der Waals surface area contributed by atoms with Crippen LogP contribution in [0, 0.1) is 5.92 Å². The second kappa shape index (κ2) is 14.0. The summed E-state index contributed by atoms with van der Waals surface area (Å²) in [6, 6.07) is 6.69. The van der Waals surface area contributed by atoms with Crippen molar-refractivity contribution in [1.82, 2.24) is 4.31 Å². The van der Waals surface area contributed by atoms with E-state index in [1.807, 2.05) is 0 Å². The van der Waals surface area contributed by atoms with Crippen LogP contribution in [0.1, 0.15) is 25.0 Å². The Balaban J connectivity index is 0.00000648. The van der Waals surface area contributed by atoms with Crippen LogP contribution in [0.5, 0.6) is 0 Å². The Labute approximate surface area is 261 Å². The van der Waals surface area contributed by atoms with E-state index in [0.717, 1.165) is 34.7 Å². The van der Waals surface area contributed by atoms with Crippen LogP contribution in [0.15, 0.2) is 46.2 Å². The van der Waals surface area contributed by atoms with E-state index in [4.69, 9.17) is 0 Å². The summed E-state index contributed by atoms with van der Waals surface area (Å²) in [6.07, 6.45) is 2.19. The second-order valence-corrected chi connectivity index (χ2v) is 12.4. The summed E-state index contributed by atoms with van der Waals surface area (Å²) in [7, 11) is -11.6. The molecule has 0 spiro atoms. The Morgan fingerprint density at radius 1 is 0.811 bits per heavy atom. The van der Waals surface area contributed by atoms with E-state index in [-0.39, 0.29) is 81.6 Å². The van der Waals surface area contributed by atoms with Crippen LogP contribution in [-0.4, -0.2) is 58.7 Å². The van der Waals surface area contributed by atoms with Gasteiger partial charge >= 0.3 is 69.3 Å². The normalized spacial score (nSPS) is 12.2. The van der Waals surface area contributed by atoms with Crippen molar-refractivity contribution in [3.05, 3.63) is 47.5 Å². The number of hydrogen-bond acceptors (Lipinski definition) is 9. The van der Waals surface area contributed by atoms with Gasteiger partial charge in [0.15, 0.2) is 0 Å². The molecule has 12 nitrogen and oxygen atoms in total. The van der Waals surface area contributed by atoms with Crippen molar-refractivity contribution in [1.29, 1.82) is 0 Å². The van der Waals surface area contributed by atoms with Crippen LogP contribution >= 0.6 is 0 Å². The number of anilines is 2. The quantitative estimate of drug-likeness (QED) is 0.164. The summed E-state index contributed by atoms with van der Waals surface area (Å²) in [5, 5.41) is 2.47. The zero-order chi connectivity index (χ0) is 26.8. The SMILES string of the molecule is CC(C)C(=O)Nc1ccc(C=Cc2ccc(NS(=O)(=O)N(C)C)cc2S(=O)(=O)[O-])c(S(=O)(=O)[O-])c1.[Na+].[Na+]. The van der Waals surface area contributed by atoms with Gasteiger partial charge in [-0.25, -0.2) is 16.8 Å². The van der Waals surface area contributed by atoms with Crippen LogP contribution in [-0.2, 0) is 35.2 Å². The molecule has 2 aromatic rings. The minimum atomic E-state index is -5.08. The summed E-state index contributed by atoms with van der Waals surface area (Å²) < 4.78 is 97.6. The van der Waals surface area contributed by atoms with Crippen LogP contribution in [0.2, 0.25) is 0 Å². The Hall–Kier alpha value is -0.820. The predicted octanol–water partition coefficient (Wildman–Crippen LogP) is -4.51. The van der Waals surface area contributed by atoms with Crippen molar-refractivity contribution < 1.29 is 98.3 Å². The smallest absolute Gasteiger partial charge is 0.744 e. The fraction of sp³-hybridized carbons (Fsp3) is 0.250. The topological polar surface area (TPSA) is 193 Å². The average Bonchev–Trinajstić information content (AvgIpc) is 2.71. The zero-order valence-electron chi connectivity index (χ0n) is 21.0. The van der Waals surface area contributed by atoms with E-state index in [9.17, 15) is 39.2 Å². The molecular weight excluding hydrogens is 568 g/mol. The van der Waals surface area contributed by atoms with Gasteiger partial charge in [-0.2, -0.15) is 12.7 Å². The molecule has 1 amide bonds. The summed E-state index contributed by atoms with van der Waals surface area (Å²) in [5.74, 6) is -0.808. The number of carbonyl (C=O) groups is 1. The molecule has 0 radical (unpaired) electrons. The molecule has 2 N–H and O–H groups in total. The Morgan fingerprint density at radius 3 is 1.59 bits per heavy atom. The van der Waals surface area contributed by atoms with E-state index in [0.29, 0.717) is 0 Å². The molecule has 0 aliphatic heterocycles. The molecule has 0 atom stereocenters. The Morgan fingerprint density at radius 2 is 1.22 bits per heavy atom. The third kappa shape index (κ3) is 10.3. The van der Waals surface area contributed by atoms with Gasteiger partial charge in [-0.05, 0) is 35.4 Å². The van der Waals surface area contributed by atoms with Gasteiger partial charge in [0.1, 0.15) is 20.2 Å². The predicted molar refractivity (Wildman–Crippen MR) is 127 cm³/mol. The first-order valence-electron chi connectivity index (χ1n) is 9.81. The second-order valence-electron chi connectivity index (χ2n) is 7.78. The number of carbonyl (C=O) groups excluding carboxylic acids is 1. The number of amides is 1. The summed E-state index contributed by atoms with van der Waals surface area (Å²) in [5.41, 5.74) is -0.442. The van der Waals surface area contributed by atoms with Gasteiger partial charge in [0.2, 0.25) is 5.91 Å². The molecule has 2 rings (SSSR count). The molecule has 17 heteroatoms. The Kier molecular flexibility index (Phi) is 13.7. The van der Waals surface area contributed by atoms with Crippen LogP contribution in [0.4, 0.5) is 11.4 Å². The first-order valence-corrected chi connectivity index (χ1v) is 14.1. The molecular formula is C20H23N3Na2O9S3. The summed E-state index contributed by atoms with van der Waals surface area (Å²) in [4.78, 5) is 10.4. The molecule has 2 aromatic carbocycles. The van der Waals surface area contributed by atoms with Crippen molar-refractivity contribution in [2.45, 2.75) is 23.6 Å². The summed E-state index contributed by atoms with van der Waals surface area (Å²) in [6.45, 7) is 3.24. The fourth-order valence-corrected chi connectivity index (χ4v) is 4.62.